The molecular formula is C17H19N5O. The van der Waals surface area contributed by atoms with E-state index in [-0.39, 0.29) is 0 Å². The van der Waals surface area contributed by atoms with Crippen LogP contribution in [0.2, 0.25) is 0 Å². The number of aryl methyl sites for hydroxylation is 2. The molecule has 0 saturated heterocycles. The SMILES string of the molecule is CCCn1ccnc1-c1nccn1-c1cc(C(N)=O)ccc1C. The lowest BCUT2D eigenvalue weighted by Crippen LogP contribution is -2.12. The Labute approximate surface area is 134 Å². The first-order valence-corrected chi connectivity index (χ1v) is 7.57. The minimum atomic E-state index is -0.444. The number of amides is 1. The highest BCUT2D eigenvalue weighted by atomic mass is 16.1. The molecule has 2 aromatic heterocycles. The molecule has 0 aliphatic rings. The number of imidazole rings is 2. The van der Waals surface area contributed by atoms with Crippen LogP contribution in [0.4, 0.5) is 0 Å². The Hall–Kier alpha value is -2.89. The van der Waals surface area contributed by atoms with Crippen LogP contribution in [0.5, 0.6) is 0 Å². The van der Waals surface area contributed by atoms with E-state index in [1.54, 1.807) is 24.5 Å². The lowest BCUT2D eigenvalue weighted by Gasteiger charge is -2.13. The summed E-state index contributed by atoms with van der Waals surface area (Å²) >= 11 is 0. The van der Waals surface area contributed by atoms with Crippen molar-refractivity contribution >= 4 is 5.91 Å². The molecule has 6 nitrogen and oxygen atoms in total. The maximum Gasteiger partial charge on any atom is 0.248 e. The van der Waals surface area contributed by atoms with E-state index < -0.39 is 5.91 Å². The number of nitrogens with zero attached hydrogens (tertiary/aromatic N) is 4. The van der Waals surface area contributed by atoms with Crippen molar-refractivity contribution in [2.24, 2.45) is 5.73 Å². The van der Waals surface area contributed by atoms with Gasteiger partial charge in [-0.05, 0) is 31.0 Å². The highest BCUT2D eigenvalue weighted by Gasteiger charge is 2.15. The minimum absolute atomic E-state index is 0.444. The van der Waals surface area contributed by atoms with Crippen molar-refractivity contribution in [3.05, 3.63) is 54.1 Å². The van der Waals surface area contributed by atoms with Gasteiger partial charge in [0.2, 0.25) is 5.91 Å². The van der Waals surface area contributed by atoms with Gasteiger partial charge in [-0.15, -0.1) is 0 Å². The molecule has 2 heterocycles. The molecule has 0 atom stereocenters. The Balaban J connectivity index is 2.13. The van der Waals surface area contributed by atoms with Crippen LogP contribution in [-0.4, -0.2) is 25.0 Å². The Morgan fingerprint density at radius 3 is 2.65 bits per heavy atom. The number of hydrogen-bond acceptors (Lipinski definition) is 3. The number of aromatic nitrogens is 4. The molecule has 6 heteroatoms. The number of rotatable bonds is 5. The maximum absolute atomic E-state index is 11.5. The maximum atomic E-state index is 11.5. The second kappa shape index (κ2) is 6.08. The summed E-state index contributed by atoms with van der Waals surface area (Å²) in [7, 11) is 0. The largest absolute Gasteiger partial charge is 0.366 e. The van der Waals surface area contributed by atoms with E-state index in [0.29, 0.717) is 5.56 Å². The molecule has 0 saturated carbocycles. The van der Waals surface area contributed by atoms with Gasteiger partial charge >= 0.3 is 0 Å². The molecule has 3 aromatic rings. The Morgan fingerprint density at radius 1 is 1.17 bits per heavy atom. The van der Waals surface area contributed by atoms with Crippen molar-refractivity contribution in [1.82, 2.24) is 19.1 Å². The molecule has 2 N–H and O–H groups in total. The van der Waals surface area contributed by atoms with E-state index in [2.05, 4.69) is 21.5 Å². The topological polar surface area (TPSA) is 78.7 Å². The zero-order chi connectivity index (χ0) is 16.4. The van der Waals surface area contributed by atoms with Crippen LogP contribution in [0.25, 0.3) is 17.3 Å². The van der Waals surface area contributed by atoms with Crippen molar-refractivity contribution in [3.63, 3.8) is 0 Å². The Bertz CT molecular complexity index is 846. The third kappa shape index (κ3) is 2.75. The van der Waals surface area contributed by atoms with Crippen molar-refractivity contribution in [2.45, 2.75) is 26.8 Å². The monoisotopic (exact) mass is 309 g/mol. The zero-order valence-electron chi connectivity index (χ0n) is 13.2. The molecule has 0 aliphatic carbocycles. The van der Waals surface area contributed by atoms with Gasteiger partial charge in [0.15, 0.2) is 11.6 Å². The fraction of sp³-hybridized carbons (Fsp3) is 0.235. The quantitative estimate of drug-likeness (QED) is 0.786. The van der Waals surface area contributed by atoms with Crippen molar-refractivity contribution in [3.8, 4) is 17.3 Å². The van der Waals surface area contributed by atoms with Gasteiger partial charge in [-0.2, -0.15) is 0 Å². The van der Waals surface area contributed by atoms with E-state index in [4.69, 9.17) is 5.73 Å². The fourth-order valence-electron chi connectivity index (χ4n) is 2.62. The highest BCUT2D eigenvalue weighted by Crippen LogP contribution is 2.23. The van der Waals surface area contributed by atoms with Crippen LogP contribution in [0.15, 0.2) is 43.0 Å². The Kier molecular flexibility index (Phi) is 3.97. The van der Waals surface area contributed by atoms with Gasteiger partial charge in [-0.1, -0.05) is 13.0 Å². The summed E-state index contributed by atoms with van der Waals surface area (Å²) in [5, 5.41) is 0. The van der Waals surface area contributed by atoms with E-state index in [9.17, 15) is 4.79 Å². The summed E-state index contributed by atoms with van der Waals surface area (Å²) < 4.78 is 4.02. The number of carbonyl (C=O) groups is 1. The Morgan fingerprint density at radius 2 is 1.91 bits per heavy atom. The lowest BCUT2D eigenvalue weighted by atomic mass is 10.1. The van der Waals surface area contributed by atoms with Gasteiger partial charge in [0.05, 0.1) is 5.69 Å². The molecule has 23 heavy (non-hydrogen) atoms. The van der Waals surface area contributed by atoms with Crippen molar-refractivity contribution in [2.75, 3.05) is 0 Å². The first-order chi connectivity index (χ1) is 11.1. The highest BCUT2D eigenvalue weighted by molar-refractivity contribution is 5.93. The average Bonchev–Trinajstić information content (AvgIpc) is 3.16. The molecule has 1 amide bonds. The molecule has 0 bridgehead atoms. The number of nitrogens with two attached hydrogens (primary N) is 1. The predicted octanol–water partition coefficient (Wildman–Crippen LogP) is 2.55. The van der Waals surface area contributed by atoms with Crippen LogP contribution >= 0.6 is 0 Å². The van der Waals surface area contributed by atoms with Crippen LogP contribution in [0.1, 0.15) is 29.3 Å². The van der Waals surface area contributed by atoms with Gasteiger partial charge in [-0.3, -0.25) is 9.36 Å². The van der Waals surface area contributed by atoms with Gasteiger partial charge in [0.25, 0.3) is 0 Å². The molecule has 1 aromatic carbocycles. The van der Waals surface area contributed by atoms with E-state index >= 15 is 0 Å². The number of benzene rings is 1. The van der Waals surface area contributed by atoms with Crippen LogP contribution in [0, 0.1) is 6.92 Å². The van der Waals surface area contributed by atoms with Gasteiger partial charge in [0, 0.05) is 36.9 Å². The normalized spacial score (nSPS) is 10.9. The summed E-state index contributed by atoms with van der Waals surface area (Å²) in [6.07, 6.45) is 8.34. The van der Waals surface area contributed by atoms with Gasteiger partial charge in [-0.25, -0.2) is 9.97 Å². The first-order valence-electron chi connectivity index (χ1n) is 7.57. The lowest BCUT2D eigenvalue weighted by molar-refractivity contribution is 0.100. The predicted molar refractivity (Wildman–Crippen MR) is 88.3 cm³/mol. The average molecular weight is 309 g/mol. The van der Waals surface area contributed by atoms with Crippen LogP contribution < -0.4 is 5.73 Å². The minimum Gasteiger partial charge on any atom is -0.366 e. The van der Waals surface area contributed by atoms with E-state index in [0.717, 1.165) is 35.9 Å². The molecule has 3 rings (SSSR count). The molecule has 0 radical (unpaired) electrons. The number of primary amides is 1. The molecule has 0 aliphatic heterocycles. The standard InChI is InChI=1S/C17H19N5O/c1-3-8-21-9-6-19-16(21)17-20-7-10-22(17)14-11-13(15(18)23)5-4-12(14)2/h4-7,9-11H,3,8H2,1-2H3,(H2,18,23). The molecule has 0 spiro atoms. The second-order valence-corrected chi connectivity index (χ2v) is 5.43. The summed E-state index contributed by atoms with van der Waals surface area (Å²) in [4.78, 5) is 20.4. The first kappa shape index (κ1) is 15.0. The van der Waals surface area contributed by atoms with Crippen LogP contribution in [-0.2, 0) is 6.54 Å². The van der Waals surface area contributed by atoms with Gasteiger partial charge < -0.3 is 10.3 Å². The summed E-state index contributed by atoms with van der Waals surface area (Å²) in [5.74, 6) is 1.11. The summed E-state index contributed by atoms with van der Waals surface area (Å²) in [5.41, 5.74) is 7.78. The molecule has 0 unspecified atom stereocenters. The van der Waals surface area contributed by atoms with Crippen molar-refractivity contribution < 1.29 is 4.79 Å². The van der Waals surface area contributed by atoms with Crippen molar-refractivity contribution in [1.29, 1.82) is 0 Å². The third-order valence-corrected chi connectivity index (χ3v) is 3.77. The molecular weight excluding hydrogens is 290 g/mol. The summed E-state index contributed by atoms with van der Waals surface area (Å²) in [6.45, 7) is 4.99. The zero-order valence-corrected chi connectivity index (χ0v) is 13.2. The molecule has 0 fully saturated rings. The van der Waals surface area contributed by atoms with Gasteiger partial charge in [0.1, 0.15) is 0 Å². The third-order valence-electron chi connectivity index (χ3n) is 3.77. The number of hydrogen-bond donors (Lipinski definition) is 1. The number of carbonyl (C=O) groups excluding carboxylic acids is 1. The van der Waals surface area contributed by atoms with E-state index in [1.165, 1.54) is 0 Å². The second-order valence-electron chi connectivity index (χ2n) is 5.43. The fourth-order valence-corrected chi connectivity index (χ4v) is 2.62. The molecule has 118 valence electrons. The van der Waals surface area contributed by atoms with E-state index in [1.807, 2.05) is 30.0 Å². The van der Waals surface area contributed by atoms with Crippen LogP contribution in [0.3, 0.4) is 0 Å². The smallest absolute Gasteiger partial charge is 0.248 e. The summed E-state index contributed by atoms with van der Waals surface area (Å²) in [6, 6.07) is 5.41.